The molecule has 0 fully saturated rings. The molecular weight excluding hydrogens is 182 g/mol. The number of carbonyl (C=O) groups is 1. The van der Waals surface area contributed by atoms with Crippen LogP contribution >= 0.6 is 0 Å². The van der Waals surface area contributed by atoms with Crippen LogP contribution in [0.2, 0.25) is 0 Å². The Morgan fingerprint density at radius 1 is 1.64 bits per heavy atom. The van der Waals surface area contributed by atoms with Gasteiger partial charge in [0.15, 0.2) is 0 Å². The average Bonchev–Trinajstić information content (AvgIpc) is 2.17. The van der Waals surface area contributed by atoms with Crippen LogP contribution in [0, 0.1) is 5.92 Å². The summed E-state index contributed by atoms with van der Waals surface area (Å²) in [7, 11) is 0. The Labute approximate surface area is 84.4 Å². The quantitative estimate of drug-likeness (QED) is 0.255. The first-order chi connectivity index (χ1) is 6.61. The number of amidine groups is 1. The zero-order valence-corrected chi connectivity index (χ0v) is 8.79. The molecule has 4 N–H and O–H groups in total. The highest BCUT2D eigenvalue weighted by Crippen LogP contribution is 2.04. The molecule has 0 saturated heterocycles. The minimum Gasteiger partial charge on any atom is -0.409 e. The highest BCUT2D eigenvalue weighted by atomic mass is 16.4. The third kappa shape index (κ3) is 5.40. The van der Waals surface area contributed by atoms with Gasteiger partial charge in [0.1, 0.15) is 5.84 Å². The zero-order chi connectivity index (χ0) is 11.0. The van der Waals surface area contributed by atoms with E-state index < -0.39 is 0 Å². The monoisotopic (exact) mass is 201 g/mol. The lowest BCUT2D eigenvalue weighted by atomic mass is 10.1. The number of nitrogens with two attached hydrogens (primary N) is 1. The first-order valence-electron chi connectivity index (χ1n) is 4.85. The van der Waals surface area contributed by atoms with Crippen molar-refractivity contribution in [2.45, 2.75) is 33.1 Å². The molecule has 0 aromatic carbocycles. The van der Waals surface area contributed by atoms with Crippen molar-refractivity contribution in [1.29, 1.82) is 0 Å². The van der Waals surface area contributed by atoms with E-state index in [0.717, 1.165) is 12.8 Å². The van der Waals surface area contributed by atoms with Crippen LogP contribution in [0.5, 0.6) is 0 Å². The molecule has 0 aliphatic heterocycles. The lowest BCUT2D eigenvalue weighted by molar-refractivity contribution is -0.124. The molecule has 0 heterocycles. The second-order valence-electron chi connectivity index (χ2n) is 3.32. The molecule has 0 bridgehead atoms. The molecule has 0 aliphatic rings. The second kappa shape index (κ2) is 7.17. The average molecular weight is 201 g/mol. The SMILES string of the molecule is CCCC(C)C(=O)NCCC(N)=NO. The Morgan fingerprint density at radius 3 is 2.79 bits per heavy atom. The predicted octanol–water partition coefficient (Wildman–Crippen LogP) is 0.675. The summed E-state index contributed by atoms with van der Waals surface area (Å²) in [5, 5.41) is 13.8. The standard InChI is InChI=1S/C9H19N3O2/c1-3-4-7(2)9(13)11-6-5-8(10)12-14/h7,14H,3-6H2,1-2H3,(H2,10,12)(H,11,13). The van der Waals surface area contributed by atoms with Crippen molar-refractivity contribution in [1.82, 2.24) is 5.32 Å². The molecular formula is C9H19N3O2. The van der Waals surface area contributed by atoms with Crippen molar-refractivity contribution in [3.05, 3.63) is 0 Å². The van der Waals surface area contributed by atoms with Crippen LogP contribution in [0.15, 0.2) is 5.16 Å². The molecule has 5 heteroatoms. The molecule has 1 unspecified atom stereocenters. The molecule has 14 heavy (non-hydrogen) atoms. The molecule has 0 saturated carbocycles. The number of nitrogens with zero attached hydrogens (tertiary/aromatic N) is 1. The maximum atomic E-state index is 11.3. The number of amides is 1. The van der Waals surface area contributed by atoms with Gasteiger partial charge in [-0.3, -0.25) is 4.79 Å². The largest absolute Gasteiger partial charge is 0.409 e. The van der Waals surface area contributed by atoms with E-state index in [1.807, 2.05) is 13.8 Å². The highest BCUT2D eigenvalue weighted by molar-refractivity contribution is 5.81. The summed E-state index contributed by atoms with van der Waals surface area (Å²) in [6.07, 6.45) is 2.26. The topological polar surface area (TPSA) is 87.7 Å². The number of rotatable bonds is 6. The van der Waals surface area contributed by atoms with Crippen molar-refractivity contribution in [3.63, 3.8) is 0 Å². The van der Waals surface area contributed by atoms with Gasteiger partial charge in [-0.05, 0) is 6.42 Å². The highest BCUT2D eigenvalue weighted by Gasteiger charge is 2.10. The van der Waals surface area contributed by atoms with Crippen LogP contribution < -0.4 is 11.1 Å². The van der Waals surface area contributed by atoms with Crippen LogP contribution in [0.25, 0.3) is 0 Å². The number of carbonyl (C=O) groups excluding carboxylic acids is 1. The maximum Gasteiger partial charge on any atom is 0.222 e. The Morgan fingerprint density at radius 2 is 2.29 bits per heavy atom. The van der Waals surface area contributed by atoms with E-state index in [4.69, 9.17) is 10.9 Å². The lowest BCUT2D eigenvalue weighted by Crippen LogP contribution is -2.32. The van der Waals surface area contributed by atoms with Crippen molar-refractivity contribution in [2.24, 2.45) is 16.8 Å². The Balaban J connectivity index is 3.63. The zero-order valence-electron chi connectivity index (χ0n) is 8.79. The number of nitrogens with one attached hydrogen (secondary N) is 1. The molecule has 0 spiro atoms. The minimum atomic E-state index is 0.0255. The fourth-order valence-electron chi connectivity index (χ4n) is 1.10. The third-order valence-electron chi connectivity index (χ3n) is 1.98. The van der Waals surface area contributed by atoms with Crippen LogP contribution in [0.1, 0.15) is 33.1 Å². The predicted molar refractivity (Wildman–Crippen MR) is 55.1 cm³/mol. The van der Waals surface area contributed by atoms with Gasteiger partial charge in [-0.1, -0.05) is 25.4 Å². The van der Waals surface area contributed by atoms with E-state index in [-0.39, 0.29) is 17.7 Å². The molecule has 0 aliphatic carbocycles. The molecule has 5 nitrogen and oxygen atoms in total. The number of hydrogen-bond donors (Lipinski definition) is 3. The number of hydrogen-bond acceptors (Lipinski definition) is 3. The van der Waals surface area contributed by atoms with Gasteiger partial charge >= 0.3 is 0 Å². The van der Waals surface area contributed by atoms with Gasteiger partial charge in [0.25, 0.3) is 0 Å². The van der Waals surface area contributed by atoms with E-state index >= 15 is 0 Å². The van der Waals surface area contributed by atoms with Gasteiger partial charge in [-0.15, -0.1) is 0 Å². The molecule has 82 valence electrons. The fourth-order valence-corrected chi connectivity index (χ4v) is 1.10. The second-order valence-corrected chi connectivity index (χ2v) is 3.32. The fraction of sp³-hybridized carbons (Fsp3) is 0.778. The molecule has 0 aromatic heterocycles. The third-order valence-corrected chi connectivity index (χ3v) is 1.98. The van der Waals surface area contributed by atoms with Crippen molar-refractivity contribution < 1.29 is 10.0 Å². The van der Waals surface area contributed by atoms with E-state index in [0.29, 0.717) is 13.0 Å². The van der Waals surface area contributed by atoms with E-state index in [9.17, 15) is 4.79 Å². The Kier molecular flexibility index (Phi) is 6.53. The Bertz CT molecular complexity index is 204. The van der Waals surface area contributed by atoms with Gasteiger partial charge in [0.2, 0.25) is 5.91 Å². The van der Waals surface area contributed by atoms with Gasteiger partial charge in [0, 0.05) is 18.9 Å². The molecule has 0 rings (SSSR count). The summed E-state index contributed by atoms with van der Waals surface area (Å²) in [6, 6.07) is 0. The smallest absolute Gasteiger partial charge is 0.222 e. The van der Waals surface area contributed by atoms with Crippen molar-refractivity contribution >= 4 is 11.7 Å². The van der Waals surface area contributed by atoms with Gasteiger partial charge in [0.05, 0.1) is 0 Å². The van der Waals surface area contributed by atoms with Crippen LogP contribution in [-0.4, -0.2) is 23.5 Å². The molecule has 0 radical (unpaired) electrons. The van der Waals surface area contributed by atoms with E-state index in [2.05, 4.69) is 10.5 Å². The first-order valence-corrected chi connectivity index (χ1v) is 4.85. The molecule has 0 aromatic rings. The van der Waals surface area contributed by atoms with E-state index in [1.165, 1.54) is 0 Å². The van der Waals surface area contributed by atoms with Crippen molar-refractivity contribution in [3.8, 4) is 0 Å². The van der Waals surface area contributed by atoms with Crippen molar-refractivity contribution in [2.75, 3.05) is 6.54 Å². The summed E-state index contributed by atoms with van der Waals surface area (Å²) >= 11 is 0. The summed E-state index contributed by atoms with van der Waals surface area (Å²) < 4.78 is 0. The van der Waals surface area contributed by atoms with Crippen LogP contribution in [0.4, 0.5) is 0 Å². The summed E-state index contributed by atoms with van der Waals surface area (Å²) in [6.45, 7) is 4.35. The van der Waals surface area contributed by atoms with Crippen LogP contribution in [0.3, 0.4) is 0 Å². The van der Waals surface area contributed by atoms with Gasteiger partial charge in [-0.25, -0.2) is 0 Å². The Hall–Kier alpha value is -1.26. The minimum absolute atomic E-state index is 0.0255. The maximum absolute atomic E-state index is 11.3. The van der Waals surface area contributed by atoms with Gasteiger partial charge in [-0.2, -0.15) is 0 Å². The molecule has 1 amide bonds. The summed E-state index contributed by atoms with van der Waals surface area (Å²) in [5.41, 5.74) is 5.24. The normalized spacial score (nSPS) is 13.7. The number of oxime groups is 1. The molecule has 1 atom stereocenters. The summed E-state index contributed by atoms with van der Waals surface area (Å²) in [4.78, 5) is 11.3. The lowest BCUT2D eigenvalue weighted by Gasteiger charge is -2.10. The summed E-state index contributed by atoms with van der Waals surface area (Å²) in [5.74, 6) is 0.193. The van der Waals surface area contributed by atoms with Crippen LogP contribution in [-0.2, 0) is 4.79 Å². The first kappa shape index (κ1) is 12.7. The van der Waals surface area contributed by atoms with Gasteiger partial charge < -0.3 is 16.3 Å². The van der Waals surface area contributed by atoms with E-state index in [1.54, 1.807) is 0 Å².